The van der Waals surface area contributed by atoms with Crippen LogP contribution in [-0.2, 0) is 4.79 Å². The predicted octanol–water partition coefficient (Wildman–Crippen LogP) is 6.29. The van der Waals surface area contributed by atoms with Crippen molar-refractivity contribution in [2.75, 3.05) is 26.8 Å². The van der Waals surface area contributed by atoms with Crippen molar-refractivity contribution in [1.29, 1.82) is 5.26 Å². The minimum absolute atomic E-state index is 0.184. The number of nitrogens with one attached hydrogen (secondary N) is 1. The summed E-state index contributed by atoms with van der Waals surface area (Å²) >= 11 is 5.87. The van der Waals surface area contributed by atoms with E-state index in [1.807, 2.05) is 26.8 Å². The van der Waals surface area contributed by atoms with Crippen molar-refractivity contribution >= 4 is 17.5 Å². The third kappa shape index (κ3) is 13.4. The number of aliphatic hydroxyl groups excluding tert-OH is 1. The average molecular weight is 604 g/mol. The molecule has 2 fully saturated rings. The molecule has 1 heterocycles. The molecule has 1 aromatic rings. The summed E-state index contributed by atoms with van der Waals surface area (Å²) in [6.07, 6.45) is 17.3. The number of unbranched alkanes of at least 4 members (excludes halogenated alkanes) is 3. The Kier molecular flexibility index (Phi) is 19.2. The fourth-order valence-corrected chi connectivity index (χ4v) is 5.42. The van der Waals surface area contributed by atoms with Crippen LogP contribution in [-0.4, -0.2) is 48.8 Å². The van der Waals surface area contributed by atoms with Crippen molar-refractivity contribution in [2.24, 2.45) is 17.4 Å². The number of allylic oxidation sites excluding steroid dienone is 2. The van der Waals surface area contributed by atoms with Crippen LogP contribution in [0.1, 0.15) is 102 Å². The number of halogens is 1. The quantitative estimate of drug-likeness (QED) is 0.132. The Morgan fingerprint density at radius 2 is 1.74 bits per heavy atom. The standard InChI is InChI=1S/C22H40N4O2.C9H8ClNO.C2H6/c23-20(22(28)25-19-9-5-3-6-10-19)11-12-21(24)26-15-13-18(14-16-26)8-4-1-2-7-17-27;1-6-8(12-2)4-3-7(5-11)9(6)10;1-2/h11-12,18-19,27H,1-10,13-17,23-24H2,(H,25,28);3-4H,1-2H3;1-2H3/b20-11-,21-12+;;. The highest BCUT2D eigenvalue weighted by Crippen LogP contribution is 2.28. The van der Waals surface area contributed by atoms with Gasteiger partial charge in [0.1, 0.15) is 11.8 Å². The van der Waals surface area contributed by atoms with Crippen molar-refractivity contribution in [3.05, 3.63) is 52.0 Å². The molecule has 0 spiro atoms. The maximum atomic E-state index is 12.2. The number of carbonyl (C=O) groups excluding carboxylic acids is 1. The number of hydrogen-bond acceptors (Lipinski definition) is 7. The van der Waals surface area contributed by atoms with Gasteiger partial charge in [0, 0.05) is 31.3 Å². The summed E-state index contributed by atoms with van der Waals surface area (Å²) in [5.41, 5.74) is 13.7. The van der Waals surface area contributed by atoms with E-state index in [1.165, 1.54) is 38.5 Å². The highest BCUT2D eigenvalue weighted by molar-refractivity contribution is 6.32. The molecule has 1 saturated carbocycles. The number of rotatable bonds is 11. The van der Waals surface area contributed by atoms with Gasteiger partial charge in [-0.1, -0.05) is 70.4 Å². The lowest BCUT2D eigenvalue weighted by molar-refractivity contribution is -0.118. The molecule has 1 saturated heterocycles. The number of carbonyl (C=O) groups is 1. The largest absolute Gasteiger partial charge is 0.496 e. The summed E-state index contributed by atoms with van der Waals surface area (Å²) in [5, 5.41) is 21.0. The highest BCUT2D eigenvalue weighted by atomic mass is 35.5. The van der Waals surface area contributed by atoms with Crippen molar-refractivity contribution in [3.63, 3.8) is 0 Å². The number of aliphatic hydroxyl groups is 1. The van der Waals surface area contributed by atoms with Gasteiger partial charge in [0.05, 0.1) is 29.2 Å². The van der Waals surface area contributed by atoms with Crippen LogP contribution in [0.25, 0.3) is 0 Å². The fraction of sp³-hybridized carbons (Fsp3) is 0.636. The molecule has 8 nitrogen and oxygen atoms in total. The monoisotopic (exact) mass is 603 g/mol. The molecule has 2 aliphatic rings. The van der Waals surface area contributed by atoms with Crippen molar-refractivity contribution in [1.82, 2.24) is 10.2 Å². The van der Waals surface area contributed by atoms with Crippen LogP contribution in [0.5, 0.6) is 5.75 Å². The molecule has 3 rings (SSSR count). The van der Waals surface area contributed by atoms with Crippen LogP contribution < -0.4 is 21.5 Å². The van der Waals surface area contributed by atoms with Gasteiger partial charge in [0.25, 0.3) is 5.91 Å². The summed E-state index contributed by atoms with van der Waals surface area (Å²) in [6, 6.07) is 5.64. The zero-order chi connectivity index (χ0) is 31.3. The van der Waals surface area contributed by atoms with Crippen molar-refractivity contribution in [3.8, 4) is 11.8 Å². The molecule has 0 atom stereocenters. The number of amides is 1. The molecular formula is C33H54ClN5O3. The number of nitriles is 1. The second-order valence-electron chi connectivity index (χ2n) is 10.7. The number of likely N-dealkylation sites (tertiary alicyclic amines) is 1. The lowest BCUT2D eigenvalue weighted by Crippen LogP contribution is -2.38. The average Bonchev–Trinajstić information content (AvgIpc) is 3.03. The van der Waals surface area contributed by atoms with Gasteiger partial charge in [-0.15, -0.1) is 0 Å². The van der Waals surface area contributed by atoms with E-state index < -0.39 is 0 Å². The number of hydrogen-bond donors (Lipinski definition) is 4. The summed E-state index contributed by atoms with van der Waals surface area (Å²) in [4.78, 5) is 14.4. The van der Waals surface area contributed by atoms with Crippen LogP contribution in [0.4, 0.5) is 0 Å². The Morgan fingerprint density at radius 1 is 1.10 bits per heavy atom. The van der Waals surface area contributed by atoms with E-state index in [-0.39, 0.29) is 17.6 Å². The summed E-state index contributed by atoms with van der Waals surface area (Å²) < 4.78 is 5.03. The first-order valence-corrected chi connectivity index (χ1v) is 16.0. The smallest absolute Gasteiger partial charge is 0.267 e. The summed E-state index contributed by atoms with van der Waals surface area (Å²) in [7, 11) is 1.57. The summed E-state index contributed by atoms with van der Waals surface area (Å²) in [5.74, 6) is 1.99. The molecule has 1 aliphatic carbocycles. The predicted molar refractivity (Wildman–Crippen MR) is 173 cm³/mol. The van der Waals surface area contributed by atoms with Gasteiger partial charge in [0.15, 0.2) is 0 Å². The van der Waals surface area contributed by atoms with E-state index in [0.717, 1.165) is 63.1 Å². The van der Waals surface area contributed by atoms with Crippen LogP contribution in [0.15, 0.2) is 35.8 Å². The molecule has 1 amide bonds. The topological polar surface area (TPSA) is 138 Å². The van der Waals surface area contributed by atoms with Crippen molar-refractivity contribution in [2.45, 2.75) is 104 Å². The van der Waals surface area contributed by atoms with Gasteiger partial charge in [-0.05, 0) is 69.2 Å². The normalized spacial score (nSPS) is 16.4. The number of methoxy groups -OCH3 is 1. The molecule has 42 heavy (non-hydrogen) atoms. The van der Waals surface area contributed by atoms with Gasteiger partial charge in [-0.3, -0.25) is 4.79 Å². The number of nitrogens with two attached hydrogens (primary N) is 2. The van der Waals surface area contributed by atoms with Gasteiger partial charge in [-0.25, -0.2) is 0 Å². The van der Waals surface area contributed by atoms with E-state index in [2.05, 4.69) is 10.2 Å². The van der Waals surface area contributed by atoms with Crippen molar-refractivity contribution < 1.29 is 14.6 Å². The molecule has 0 unspecified atom stereocenters. The van der Waals surface area contributed by atoms with Crippen LogP contribution >= 0.6 is 11.6 Å². The highest BCUT2D eigenvalue weighted by Gasteiger charge is 2.20. The van der Waals surface area contributed by atoms with Gasteiger partial charge < -0.3 is 31.5 Å². The lowest BCUT2D eigenvalue weighted by atomic mass is 9.91. The molecular weight excluding hydrogens is 550 g/mol. The van der Waals surface area contributed by atoms with E-state index in [1.54, 1.807) is 31.4 Å². The number of ether oxygens (including phenoxy) is 1. The van der Waals surface area contributed by atoms with Gasteiger partial charge in [-0.2, -0.15) is 5.26 Å². The number of benzene rings is 1. The van der Waals surface area contributed by atoms with Crippen LogP contribution in [0, 0.1) is 24.2 Å². The van der Waals surface area contributed by atoms with Gasteiger partial charge in [0.2, 0.25) is 0 Å². The lowest BCUT2D eigenvalue weighted by Gasteiger charge is -2.33. The minimum atomic E-state index is -0.184. The Morgan fingerprint density at radius 3 is 2.33 bits per heavy atom. The maximum absolute atomic E-state index is 12.2. The maximum Gasteiger partial charge on any atom is 0.267 e. The second kappa shape index (κ2) is 21.8. The van der Waals surface area contributed by atoms with E-state index in [4.69, 9.17) is 38.2 Å². The second-order valence-corrected chi connectivity index (χ2v) is 11.1. The molecule has 1 aromatic carbocycles. The molecule has 236 valence electrons. The van der Waals surface area contributed by atoms with E-state index in [0.29, 0.717) is 28.8 Å². The fourth-order valence-electron chi connectivity index (χ4n) is 5.22. The zero-order valence-corrected chi connectivity index (χ0v) is 27.0. The first-order valence-electron chi connectivity index (χ1n) is 15.6. The first kappa shape index (κ1) is 37.1. The molecule has 9 heteroatoms. The third-order valence-electron chi connectivity index (χ3n) is 7.81. The molecule has 1 aliphatic heterocycles. The first-order chi connectivity index (χ1) is 20.3. The van der Waals surface area contributed by atoms with Crippen LogP contribution in [0.3, 0.4) is 0 Å². The van der Waals surface area contributed by atoms with Crippen LogP contribution in [0.2, 0.25) is 5.02 Å². The number of piperidine rings is 1. The third-order valence-corrected chi connectivity index (χ3v) is 8.30. The molecule has 0 aromatic heterocycles. The summed E-state index contributed by atoms with van der Waals surface area (Å²) in [6.45, 7) is 8.06. The Labute approximate surface area is 259 Å². The van der Waals surface area contributed by atoms with E-state index in [9.17, 15) is 4.79 Å². The van der Waals surface area contributed by atoms with Gasteiger partial charge >= 0.3 is 0 Å². The molecule has 6 N–H and O–H groups in total. The zero-order valence-electron chi connectivity index (χ0n) is 26.3. The molecule has 0 bridgehead atoms. The Hall–Kier alpha value is -2.89. The SMILES string of the molecule is CC.COc1ccc(C#N)c(Cl)c1C.N/C(=C\C=C(/N)N1CCC(CCCCCCO)CC1)C(=O)NC1CCCCC1. The molecule has 0 radical (unpaired) electrons. The minimum Gasteiger partial charge on any atom is -0.496 e. The number of nitrogens with zero attached hydrogens (tertiary/aromatic N) is 2. The Balaban J connectivity index is 0.000000524. The van der Waals surface area contributed by atoms with E-state index >= 15 is 0 Å². The Bertz CT molecular complexity index is 1020.